The first-order valence-electron chi connectivity index (χ1n) is 7.81. The van der Waals surface area contributed by atoms with Crippen LogP contribution in [0, 0.1) is 0 Å². The normalized spacial score (nSPS) is 11.9. The molecule has 2 aromatic carbocycles. The van der Waals surface area contributed by atoms with E-state index in [1.54, 1.807) is 22.9 Å². The van der Waals surface area contributed by atoms with Crippen LogP contribution in [0.3, 0.4) is 0 Å². The fraction of sp³-hybridized carbons (Fsp3) is 0.158. The number of aliphatic hydroxyl groups excluding tert-OH is 1. The molecule has 3 rings (SSSR count). The lowest BCUT2D eigenvalue weighted by Gasteiger charge is -2.10. The van der Waals surface area contributed by atoms with Crippen molar-refractivity contribution in [2.75, 3.05) is 5.32 Å². The molecular weight excluding hydrogens is 302 g/mol. The molecular formula is C19H19N3O2. The van der Waals surface area contributed by atoms with E-state index in [0.717, 1.165) is 11.1 Å². The van der Waals surface area contributed by atoms with Crippen LogP contribution < -0.4 is 5.32 Å². The van der Waals surface area contributed by atoms with E-state index in [4.69, 9.17) is 0 Å². The zero-order valence-electron chi connectivity index (χ0n) is 13.2. The molecule has 0 aliphatic heterocycles. The van der Waals surface area contributed by atoms with Crippen molar-refractivity contribution in [2.24, 2.45) is 0 Å². The van der Waals surface area contributed by atoms with Crippen molar-refractivity contribution in [3.63, 3.8) is 0 Å². The van der Waals surface area contributed by atoms with E-state index in [9.17, 15) is 9.90 Å². The van der Waals surface area contributed by atoms with E-state index >= 15 is 0 Å². The third-order valence-electron chi connectivity index (χ3n) is 3.66. The average Bonchev–Trinajstić information content (AvgIpc) is 3.03. The number of nitrogens with one attached hydrogen (secondary N) is 1. The van der Waals surface area contributed by atoms with Crippen molar-refractivity contribution in [1.82, 2.24) is 9.78 Å². The number of carbonyl (C=O) groups is 1. The van der Waals surface area contributed by atoms with Gasteiger partial charge in [0.1, 0.15) is 0 Å². The Morgan fingerprint density at radius 3 is 2.42 bits per heavy atom. The summed E-state index contributed by atoms with van der Waals surface area (Å²) >= 11 is 0. The number of benzene rings is 2. The Hall–Kier alpha value is -2.92. The van der Waals surface area contributed by atoms with Crippen LogP contribution in [0.25, 0.3) is 0 Å². The molecule has 3 aromatic rings. The third-order valence-corrected chi connectivity index (χ3v) is 3.66. The van der Waals surface area contributed by atoms with Crippen LogP contribution in [-0.4, -0.2) is 20.8 Å². The van der Waals surface area contributed by atoms with Crippen molar-refractivity contribution < 1.29 is 9.90 Å². The first-order valence-corrected chi connectivity index (χ1v) is 7.81. The number of anilines is 1. The van der Waals surface area contributed by atoms with Crippen molar-refractivity contribution in [2.45, 2.75) is 19.1 Å². The van der Waals surface area contributed by atoms with E-state index < -0.39 is 6.10 Å². The van der Waals surface area contributed by atoms with Gasteiger partial charge in [-0.2, -0.15) is 5.10 Å². The van der Waals surface area contributed by atoms with Gasteiger partial charge >= 0.3 is 0 Å². The lowest BCUT2D eigenvalue weighted by atomic mass is 10.1. The summed E-state index contributed by atoms with van der Waals surface area (Å²) in [5.74, 6) is 0.215. The summed E-state index contributed by atoms with van der Waals surface area (Å²) in [6.45, 7) is 0.642. The highest BCUT2D eigenvalue weighted by Crippen LogP contribution is 2.16. The Morgan fingerprint density at radius 1 is 1.04 bits per heavy atom. The molecule has 5 heteroatoms. The molecule has 0 bridgehead atoms. The highest BCUT2D eigenvalue weighted by molar-refractivity contribution is 5.90. The molecule has 5 nitrogen and oxygen atoms in total. The molecule has 0 aliphatic carbocycles. The van der Waals surface area contributed by atoms with E-state index in [1.165, 1.54) is 0 Å². The van der Waals surface area contributed by atoms with Crippen molar-refractivity contribution in [3.05, 3.63) is 84.1 Å². The molecule has 1 aromatic heterocycles. The molecule has 0 spiro atoms. The zero-order chi connectivity index (χ0) is 16.8. The quantitative estimate of drug-likeness (QED) is 0.733. The maximum absolute atomic E-state index is 12.0. The largest absolute Gasteiger partial charge is 0.388 e. The number of carbonyl (C=O) groups excluding carboxylic acids is 1. The molecule has 0 saturated heterocycles. The summed E-state index contributed by atoms with van der Waals surface area (Å²) < 4.78 is 1.76. The zero-order valence-corrected chi connectivity index (χ0v) is 13.2. The molecule has 24 heavy (non-hydrogen) atoms. The first-order chi connectivity index (χ1) is 11.7. The van der Waals surface area contributed by atoms with Gasteiger partial charge in [-0.15, -0.1) is 0 Å². The van der Waals surface area contributed by atoms with Crippen LogP contribution in [0.1, 0.15) is 23.7 Å². The van der Waals surface area contributed by atoms with E-state index in [1.807, 2.05) is 54.7 Å². The minimum atomic E-state index is -0.822. The van der Waals surface area contributed by atoms with Gasteiger partial charge in [0.15, 0.2) is 5.82 Å². The van der Waals surface area contributed by atoms with Gasteiger partial charge in [0.2, 0.25) is 5.91 Å². The summed E-state index contributed by atoms with van der Waals surface area (Å²) in [5.41, 5.74) is 1.86. The lowest BCUT2D eigenvalue weighted by Crippen LogP contribution is -2.16. The number of rotatable bonds is 6. The average molecular weight is 321 g/mol. The molecule has 1 amide bonds. The Bertz CT molecular complexity index is 785. The number of nitrogens with zero attached hydrogens (tertiary/aromatic N) is 2. The minimum Gasteiger partial charge on any atom is -0.388 e. The highest BCUT2D eigenvalue weighted by Gasteiger charge is 2.13. The van der Waals surface area contributed by atoms with Crippen LogP contribution in [0.5, 0.6) is 0 Å². The molecule has 1 unspecified atom stereocenters. The topological polar surface area (TPSA) is 67.2 Å². The van der Waals surface area contributed by atoms with Crippen molar-refractivity contribution in [3.8, 4) is 0 Å². The summed E-state index contributed by atoms with van der Waals surface area (Å²) in [6.07, 6.45) is 0.990. The van der Waals surface area contributed by atoms with Crippen LogP contribution in [0.15, 0.2) is 72.9 Å². The Labute approximate surface area is 140 Å². The Morgan fingerprint density at radius 2 is 1.71 bits per heavy atom. The van der Waals surface area contributed by atoms with Gasteiger partial charge in [0.25, 0.3) is 0 Å². The van der Waals surface area contributed by atoms with Gasteiger partial charge in [-0.25, -0.2) is 0 Å². The molecule has 1 atom stereocenters. The molecule has 2 N–H and O–H groups in total. The molecule has 0 radical (unpaired) electrons. The van der Waals surface area contributed by atoms with Crippen molar-refractivity contribution >= 4 is 11.7 Å². The summed E-state index contributed by atoms with van der Waals surface area (Å²) in [6, 6.07) is 20.9. The summed E-state index contributed by atoms with van der Waals surface area (Å²) in [5, 5.41) is 17.1. The first kappa shape index (κ1) is 16.0. The molecule has 0 aliphatic rings. The number of aromatic nitrogens is 2. The Balaban J connectivity index is 1.55. The van der Waals surface area contributed by atoms with Gasteiger partial charge in [-0.3, -0.25) is 9.48 Å². The smallest absolute Gasteiger partial charge is 0.228 e. The van der Waals surface area contributed by atoms with E-state index in [0.29, 0.717) is 12.4 Å². The van der Waals surface area contributed by atoms with Gasteiger partial charge in [0, 0.05) is 12.3 Å². The summed E-state index contributed by atoms with van der Waals surface area (Å²) in [4.78, 5) is 12.0. The maximum Gasteiger partial charge on any atom is 0.228 e. The predicted molar refractivity (Wildman–Crippen MR) is 92.4 cm³/mol. The number of amides is 1. The van der Waals surface area contributed by atoms with Crippen molar-refractivity contribution in [1.29, 1.82) is 0 Å². The molecule has 122 valence electrons. The second-order valence-corrected chi connectivity index (χ2v) is 5.56. The monoisotopic (exact) mass is 321 g/mol. The van der Waals surface area contributed by atoms with E-state index in [2.05, 4.69) is 10.4 Å². The van der Waals surface area contributed by atoms with Gasteiger partial charge in [0.05, 0.1) is 19.1 Å². The van der Waals surface area contributed by atoms with Crippen LogP contribution in [-0.2, 0) is 11.3 Å². The highest BCUT2D eigenvalue weighted by atomic mass is 16.3. The fourth-order valence-corrected chi connectivity index (χ4v) is 2.45. The molecule has 1 heterocycles. The molecule has 0 fully saturated rings. The van der Waals surface area contributed by atoms with Gasteiger partial charge in [-0.05, 0) is 11.1 Å². The number of hydrogen-bond donors (Lipinski definition) is 2. The van der Waals surface area contributed by atoms with E-state index in [-0.39, 0.29) is 12.3 Å². The third kappa shape index (κ3) is 4.30. The van der Waals surface area contributed by atoms with Crippen LogP contribution in [0.4, 0.5) is 5.82 Å². The standard InChI is InChI=1S/C19H19N3O2/c23-17(16-9-5-2-6-10-16)13-19(24)20-18-11-12-22(21-18)14-15-7-3-1-4-8-15/h1-12,17,23H,13-14H2,(H,20,21,24). The van der Waals surface area contributed by atoms with Gasteiger partial charge in [-0.1, -0.05) is 60.7 Å². The Kier molecular flexibility index (Phi) is 5.03. The fourth-order valence-electron chi connectivity index (χ4n) is 2.45. The second kappa shape index (κ2) is 7.57. The second-order valence-electron chi connectivity index (χ2n) is 5.56. The minimum absolute atomic E-state index is 0.00441. The summed E-state index contributed by atoms with van der Waals surface area (Å²) in [7, 11) is 0. The predicted octanol–water partition coefficient (Wildman–Crippen LogP) is 2.99. The number of aliphatic hydroxyl groups is 1. The number of hydrogen-bond acceptors (Lipinski definition) is 3. The van der Waals surface area contributed by atoms with Crippen LogP contribution in [0.2, 0.25) is 0 Å². The maximum atomic E-state index is 12.0. The van der Waals surface area contributed by atoms with Gasteiger partial charge < -0.3 is 10.4 Å². The SMILES string of the molecule is O=C(CC(O)c1ccccc1)Nc1ccn(Cc2ccccc2)n1. The lowest BCUT2D eigenvalue weighted by molar-refractivity contribution is -0.118. The van der Waals surface area contributed by atoms with Crippen LogP contribution >= 0.6 is 0 Å². The molecule has 0 saturated carbocycles.